The van der Waals surface area contributed by atoms with E-state index < -0.39 is 0 Å². The average molecular weight is 246 g/mol. The molecule has 1 aliphatic rings. The van der Waals surface area contributed by atoms with Crippen molar-refractivity contribution in [2.24, 2.45) is 0 Å². The molecule has 0 unspecified atom stereocenters. The van der Waals surface area contributed by atoms with Crippen molar-refractivity contribution in [1.29, 1.82) is 0 Å². The fourth-order valence-electron chi connectivity index (χ4n) is 2.44. The highest BCUT2D eigenvalue weighted by molar-refractivity contribution is 5.78. The number of hydrogen-bond donors (Lipinski definition) is 1. The molecule has 0 spiro atoms. The van der Waals surface area contributed by atoms with Gasteiger partial charge in [0.2, 0.25) is 5.91 Å². The lowest BCUT2D eigenvalue weighted by atomic mass is 10.2. The van der Waals surface area contributed by atoms with Crippen LogP contribution in [0.2, 0.25) is 0 Å². The Hall–Kier alpha value is -1.35. The van der Waals surface area contributed by atoms with E-state index in [1.54, 1.807) is 4.90 Å². The molecule has 0 saturated heterocycles. The zero-order chi connectivity index (χ0) is 12.8. The second-order valence-electron chi connectivity index (χ2n) is 5.10. The molecule has 0 atom stereocenters. The summed E-state index contributed by atoms with van der Waals surface area (Å²) in [5.41, 5.74) is 1.18. The molecule has 2 rings (SSSR count). The Bertz CT molecular complexity index is 371. The summed E-state index contributed by atoms with van der Waals surface area (Å²) in [4.78, 5) is 13.8. The number of nitrogens with one attached hydrogen (secondary N) is 1. The van der Waals surface area contributed by atoms with Gasteiger partial charge in [0.05, 0.1) is 6.54 Å². The summed E-state index contributed by atoms with van der Waals surface area (Å²) in [7, 11) is 1.87. The van der Waals surface area contributed by atoms with Crippen LogP contribution in [-0.4, -0.2) is 30.4 Å². The first-order chi connectivity index (χ1) is 8.75. The first kappa shape index (κ1) is 13.1. The summed E-state index contributed by atoms with van der Waals surface area (Å²) in [6, 6.07) is 10.7. The van der Waals surface area contributed by atoms with Crippen molar-refractivity contribution in [3.8, 4) is 0 Å². The van der Waals surface area contributed by atoms with E-state index in [-0.39, 0.29) is 5.91 Å². The fourth-order valence-corrected chi connectivity index (χ4v) is 2.44. The van der Waals surface area contributed by atoms with Gasteiger partial charge in [0.25, 0.3) is 0 Å². The Labute approximate surface area is 109 Å². The lowest BCUT2D eigenvalue weighted by Crippen LogP contribution is -2.38. The average Bonchev–Trinajstić information content (AvgIpc) is 2.90. The minimum Gasteiger partial charge on any atom is -0.340 e. The second-order valence-corrected chi connectivity index (χ2v) is 5.10. The number of amides is 1. The number of nitrogens with zero attached hydrogens (tertiary/aromatic N) is 1. The van der Waals surface area contributed by atoms with Crippen LogP contribution in [0.5, 0.6) is 0 Å². The number of likely N-dealkylation sites (N-methyl/N-ethyl adjacent to an activating group) is 1. The maximum absolute atomic E-state index is 12.0. The van der Waals surface area contributed by atoms with Crippen molar-refractivity contribution in [2.75, 3.05) is 13.6 Å². The van der Waals surface area contributed by atoms with Crippen LogP contribution in [-0.2, 0) is 11.3 Å². The molecule has 1 aliphatic carbocycles. The Morgan fingerprint density at radius 1 is 1.28 bits per heavy atom. The molecule has 0 heterocycles. The first-order valence-electron chi connectivity index (χ1n) is 6.77. The molecule has 0 bridgehead atoms. The summed E-state index contributed by atoms with van der Waals surface area (Å²) < 4.78 is 0. The summed E-state index contributed by atoms with van der Waals surface area (Å²) in [6.07, 6.45) is 5.03. The SMILES string of the molecule is CN(Cc1ccccc1)C(=O)CNC1CCCC1. The van der Waals surface area contributed by atoms with Crippen LogP contribution in [0.15, 0.2) is 30.3 Å². The maximum atomic E-state index is 12.0. The van der Waals surface area contributed by atoms with E-state index in [2.05, 4.69) is 5.32 Å². The number of benzene rings is 1. The van der Waals surface area contributed by atoms with Crippen LogP contribution < -0.4 is 5.32 Å². The molecule has 18 heavy (non-hydrogen) atoms. The van der Waals surface area contributed by atoms with Gasteiger partial charge in [0, 0.05) is 19.6 Å². The smallest absolute Gasteiger partial charge is 0.236 e. The quantitative estimate of drug-likeness (QED) is 0.863. The highest BCUT2D eigenvalue weighted by Gasteiger charge is 2.16. The third-order valence-electron chi connectivity index (χ3n) is 3.59. The second kappa shape index (κ2) is 6.55. The number of hydrogen-bond acceptors (Lipinski definition) is 2. The van der Waals surface area contributed by atoms with Gasteiger partial charge in [-0.1, -0.05) is 43.2 Å². The van der Waals surface area contributed by atoms with Crippen molar-refractivity contribution in [3.05, 3.63) is 35.9 Å². The molecular formula is C15H22N2O. The lowest BCUT2D eigenvalue weighted by molar-refractivity contribution is -0.129. The highest BCUT2D eigenvalue weighted by atomic mass is 16.2. The van der Waals surface area contributed by atoms with Crippen molar-refractivity contribution < 1.29 is 4.79 Å². The molecule has 1 aromatic carbocycles. The van der Waals surface area contributed by atoms with Crippen LogP contribution >= 0.6 is 0 Å². The maximum Gasteiger partial charge on any atom is 0.236 e. The van der Waals surface area contributed by atoms with Crippen molar-refractivity contribution in [2.45, 2.75) is 38.3 Å². The lowest BCUT2D eigenvalue weighted by Gasteiger charge is -2.19. The van der Waals surface area contributed by atoms with Crippen LogP contribution in [0.3, 0.4) is 0 Å². The molecule has 0 radical (unpaired) electrons. The molecule has 1 saturated carbocycles. The largest absolute Gasteiger partial charge is 0.340 e. The number of carbonyl (C=O) groups is 1. The molecule has 1 N–H and O–H groups in total. The third-order valence-corrected chi connectivity index (χ3v) is 3.59. The van der Waals surface area contributed by atoms with Crippen molar-refractivity contribution in [1.82, 2.24) is 10.2 Å². The van der Waals surface area contributed by atoms with Crippen LogP contribution in [0.1, 0.15) is 31.2 Å². The Morgan fingerprint density at radius 3 is 2.61 bits per heavy atom. The minimum atomic E-state index is 0.172. The van der Waals surface area contributed by atoms with Crippen molar-refractivity contribution in [3.63, 3.8) is 0 Å². The van der Waals surface area contributed by atoms with E-state index in [4.69, 9.17) is 0 Å². The molecule has 1 fully saturated rings. The summed E-state index contributed by atoms with van der Waals surface area (Å²) in [5, 5.41) is 3.36. The standard InChI is InChI=1S/C15H22N2O/c1-17(12-13-7-3-2-4-8-13)15(18)11-16-14-9-5-6-10-14/h2-4,7-8,14,16H,5-6,9-12H2,1H3. The Balaban J connectivity index is 1.74. The predicted octanol–water partition coefficient (Wildman–Crippen LogP) is 2.18. The number of rotatable bonds is 5. The molecular weight excluding hydrogens is 224 g/mol. The van der Waals surface area contributed by atoms with Gasteiger partial charge >= 0.3 is 0 Å². The molecule has 0 aromatic heterocycles. The van der Waals surface area contributed by atoms with Gasteiger partial charge in [-0.25, -0.2) is 0 Å². The van der Waals surface area contributed by atoms with Gasteiger partial charge in [-0.2, -0.15) is 0 Å². The monoisotopic (exact) mass is 246 g/mol. The Kier molecular flexibility index (Phi) is 4.76. The van der Waals surface area contributed by atoms with E-state index in [9.17, 15) is 4.79 Å². The molecule has 1 aromatic rings. The fraction of sp³-hybridized carbons (Fsp3) is 0.533. The van der Waals surface area contributed by atoms with Gasteiger partial charge in [-0.05, 0) is 18.4 Å². The zero-order valence-electron chi connectivity index (χ0n) is 11.1. The van der Waals surface area contributed by atoms with Crippen LogP contribution in [0.25, 0.3) is 0 Å². The zero-order valence-corrected chi connectivity index (χ0v) is 11.1. The van der Waals surface area contributed by atoms with Gasteiger partial charge in [0.15, 0.2) is 0 Å². The Morgan fingerprint density at radius 2 is 1.94 bits per heavy atom. The normalized spacial score (nSPS) is 15.8. The van der Waals surface area contributed by atoms with E-state index in [0.717, 1.165) is 0 Å². The molecule has 3 heteroatoms. The van der Waals surface area contributed by atoms with Crippen molar-refractivity contribution >= 4 is 5.91 Å². The minimum absolute atomic E-state index is 0.172. The van der Waals surface area contributed by atoms with Crippen LogP contribution in [0.4, 0.5) is 0 Å². The van der Waals surface area contributed by atoms with Gasteiger partial charge in [-0.15, -0.1) is 0 Å². The molecule has 3 nitrogen and oxygen atoms in total. The first-order valence-corrected chi connectivity index (χ1v) is 6.77. The summed E-state index contributed by atoms with van der Waals surface area (Å²) in [6.45, 7) is 1.15. The molecule has 1 amide bonds. The van der Waals surface area contributed by atoms with E-state index in [1.165, 1.54) is 31.2 Å². The van der Waals surface area contributed by atoms with Gasteiger partial charge < -0.3 is 10.2 Å². The van der Waals surface area contributed by atoms with E-state index in [0.29, 0.717) is 19.1 Å². The van der Waals surface area contributed by atoms with Gasteiger partial charge in [-0.3, -0.25) is 4.79 Å². The highest BCUT2D eigenvalue weighted by Crippen LogP contribution is 2.17. The van der Waals surface area contributed by atoms with E-state index in [1.807, 2.05) is 37.4 Å². The van der Waals surface area contributed by atoms with Crippen LogP contribution in [0, 0.1) is 0 Å². The summed E-state index contributed by atoms with van der Waals surface area (Å²) >= 11 is 0. The predicted molar refractivity (Wildman–Crippen MR) is 73.2 cm³/mol. The third kappa shape index (κ3) is 3.84. The number of carbonyl (C=O) groups excluding carboxylic acids is 1. The molecule has 98 valence electrons. The van der Waals surface area contributed by atoms with E-state index >= 15 is 0 Å². The topological polar surface area (TPSA) is 32.3 Å². The van der Waals surface area contributed by atoms with Gasteiger partial charge in [0.1, 0.15) is 0 Å². The summed E-state index contributed by atoms with van der Waals surface area (Å²) in [5.74, 6) is 0.172. The molecule has 0 aliphatic heterocycles.